The lowest BCUT2D eigenvalue weighted by Crippen LogP contribution is -2.31. The first kappa shape index (κ1) is 21.8. The number of hydrogen-bond donors (Lipinski definition) is 3. The van der Waals surface area contributed by atoms with Crippen LogP contribution >= 0.6 is 0 Å². The van der Waals surface area contributed by atoms with Gasteiger partial charge in [-0.05, 0) is 51.7 Å². The van der Waals surface area contributed by atoms with Crippen molar-refractivity contribution in [3.05, 3.63) is 89.5 Å². The van der Waals surface area contributed by atoms with Crippen LogP contribution in [0, 0.1) is 0 Å². The maximum atomic E-state index is 12.4. The first-order valence-electron chi connectivity index (χ1n) is 10.4. The van der Waals surface area contributed by atoms with E-state index in [-0.39, 0.29) is 5.56 Å². The number of hydrogen-bond acceptors (Lipinski definition) is 4. The molecule has 0 unspecified atom stereocenters. The van der Waals surface area contributed by atoms with Crippen LogP contribution in [-0.2, 0) is 11.2 Å². The summed E-state index contributed by atoms with van der Waals surface area (Å²) >= 11 is 0. The molecule has 0 saturated heterocycles. The van der Waals surface area contributed by atoms with Gasteiger partial charge < -0.3 is 21.1 Å². The lowest BCUT2D eigenvalue weighted by atomic mass is 9.92. The number of primary amides is 1. The summed E-state index contributed by atoms with van der Waals surface area (Å²) in [5.41, 5.74) is 7.78. The summed E-state index contributed by atoms with van der Waals surface area (Å²) in [5.74, 6) is -1.03. The highest BCUT2D eigenvalue weighted by Gasteiger charge is 2.16. The van der Waals surface area contributed by atoms with E-state index in [1.165, 1.54) is 7.11 Å². The van der Waals surface area contributed by atoms with Crippen molar-refractivity contribution >= 4 is 45.1 Å². The second kappa shape index (κ2) is 9.40. The molecule has 0 bridgehead atoms. The molecular weight excluding hydrogens is 418 g/mol. The summed E-state index contributed by atoms with van der Waals surface area (Å²) in [6.45, 7) is 0.316. The fraction of sp³-hybridized carbons (Fsp3) is 0.115. The molecule has 4 aromatic carbocycles. The predicted octanol–water partition coefficient (Wildman–Crippen LogP) is 4.24. The van der Waals surface area contributed by atoms with Gasteiger partial charge in [0.1, 0.15) is 0 Å². The zero-order valence-corrected chi connectivity index (χ0v) is 18.1. The largest absolute Gasteiger partial charge is 0.465 e. The quantitative estimate of drug-likeness (QED) is 0.307. The highest BCUT2D eigenvalue weighted by atomic mass is 16.5. The Morgan fingerprint density at radius 3 is 2.42 bits per heavy atom. The molecule has 0 heterocycles. The van der Waals surface area contributed by atoms with Crippen molar-refractivity contribution in [2.45, 2.75) is 6.42 Å². The normalized spacial score (nSPS) is 10.7. The van der Waals surface area contributed by atoms with Gasteiger partial charge in [0.2, 0.25) is 5.91 Å². The van der Waals surface area contributed by atoms with E-state index in [1.54, 1.807) is 24.3 Å². The maximum absolute atomic E-state index is 12.4. The number of urea groups is 1. The van der Waals surface area contributed by atoms with E-state index in [0.29, 0.717) is 24.2 Å². The third kappa shape index (κ3) is 4.48. The van der Waals surface area contributed by atoms with Gasteiger partial charge in [0, 0.05) is 6.54 Å². The van der Waals surface area contributed by atoms with Gasteiger partial charge in [0.05, 0.1) is 23.9 Å². The molecule has 3 amide bonds. The Hall–Kier alpha value is -4.39. The topological polar surface area (TPSA) is 111 Å². The van der Waals surface area contributed by atoms with Gasteiger partial charge >= 0.3 is 12.0 Å². The van der Waals surface area contributed by atoms with Crippen molar-refractivity contribution < 1.29 is 19.1 Å². The third-order valence-corrected chi connectivity index (χ3v) is 5.48. The number of methoxy groups -OCH3 is 1. The van der Waals surface area contributed by atoms with Crippen molar-refractivity contribution in [2.75, 3.05) is 19.0 Å². The number of nitrogens with two attached hydrogens (primary N) is 1. The van der Waals surface area contributed by atoms with Crippen molar-refractivity contribution in [3.8, 4) is 0 Å². The van der Waals surface area contributed by atoms with Gasteiger partial charge in [0.25, 0.3) is 0 Å². The number of anilines is 1. The average molecular weight is 441 g/mol. The monoisotopic (exact) mass is 441 g/mol. The Kier molecular flexibility index (Phi) is 6.22. The molecule has 0 radical (unpaired) electrons. The van der Waals surface area contributed by atoms with Crippen LogP contribution in [0.4, 0.5) is 10.5 Å². The van der Waals surface area contributed by atoms with Crippen LogP contribution in [0.2, 0.25) is 0 Å². The molecule has 4 N–H and O–H groups in total. The molecule has 166 valence electrons. The molecule has 0 aliphatic rings. The molecule has 0 spiro atoms. The standard InChI is InChI=1S/C26H23N3O4/c1-33-25(31)20-11-4-5-12-21(20)29-26(32)28-14-13-16-8-6-9-18-15-17-7-2-3-10-19(17)23(22(16)18)24(27)30/h2-12,15H,13-14H2,1H3,(H2,27,30)(H2,28,29,32). The van der Waals surface area contributed by atoms with Crippen molar-refractivity contribution in [1.29, 1.82) is 0 Å². The van der Waals surface area contributed by atoms with Crippen LogP contribution in [0.15, 0.2) is 72.8 Å². The lowest BCUT2D eigenvalue weighted by molar-refractivity contribution is 0.0601. The first-order chi connectivity index (χ1) is 16.0. The number of benzene rings is 4. The second-order valence-corrected chi connectivity index (χ2v) is 7.52. The Morgan fingerprint density at radius 1 is 0.909 bits per heavy atom. The van der Waals surface area contributed by atoms with Gasteiger partial charge in [-0.25, -0.2) is 9.59 Å². The lowest BCUT2D eigenvalue weighted by Gasteiger charge is -2.14. The fourth-order valence-corrected chi connectivity index (χ4v) is 4.02. The second-order valence-electron chi connectivity index (χ2n) is 7.52. The number of amides is 3. The predicted molar refractivity (Wildman–Crippen MR) is 128 cm³/mol. The highest BCUT2D eigenvalue weighted by Crippen LogP contribution is 2.31. The molecule has 0 atom stereocenters. The summed E-state index contributed by atoms with van der Waals surface area (Å²) in [4.78, 5) is 36.7. The minimum absolute atomic E-state index is 0.266. The van der Waals surface area contributed by atoms with Gasteiger partial charge in [-0.15, -0.1) is 0 Å². The zero-order chi connectivity index (χ0) is 23.4. The van der Waals surface area contributed by atoms with Gasteiger partial charge in [0.15, 0.2) is 0 Å². The van der Waals surface area contributed by atoms with Crippen LogP contribution in [0.3, 0.4) is 0 Å². The Bertz CT molecular complexity index is 1380. The van der Waals surface area contributed by atoms with Crippen LogP contribution < -0.4 is 16.4 Å². The van der Waals surface area contributed by atoms with Gasteiger partial charge in [-0.2, -0.15) is 0 Å². The molecule has 0 aliphatic carbocycles. The average Bonchev–Trinajstić information content (AvgIpc) is 2.82. The number of fused-ring (bicyclic) bond motifs is 2. The number of carbonyl (C=O) groups excluding carboxylic acids is 3. The number of para-hydroxylation sites is 1. The molecule has 7 heteroatoms. The fourth-order valence-electron chi connectivity index (χ4n) is 4.02. The van der Waals surface area contributed by atoms with Gasteiger partial charge in [-0.3, -0.25) is 4.79 Å². The Labute approximate surface area is 190 Å². The van der Waals surface area contributed by atoms with Crippen LogP contribution in [0.1, 0.15) is 26.3 Å². The third-order valence-electron chi connectivity index (χ3n) is 5.48. The van der Waals surface area contributed by atoms with E-state index in [1.807, 2.05) is 48.5 Å². The van der Waals surface area contributed by atoms with E-state index in [4.69, 9.17) is 10.5 Å². The smallest absolute Gasteiger partial charge is 0.339 e. The summed E-state index contributed by atoms with van der Waals surface area (Å²) in [6, 6.07) is 21.6. The Morgan fingerprint density at radius 2 is 1.64 bits per heavy atom. The summed E-state index contributed by atoms with van der Waals surface area (Å²) in [7, 11) is 1.28. The molecule has 7 nitrogen and oxygen atoms in total. The van der Waals surface area contributed by atoms with Gasteiger partial charge in [-0.1, -0.05) is 54.6 Å². The van der Waals surface area contributed by atoms with E-state index >= 15 is 0 Å². The van der Waals surface area contributed by atoms with E-state index in [0.717, 1.165) is 27.1 Å². The van der Waals surface area contributed by atoms with E-state index in [2.05, 4.69) is 10.6 Å². The highest BCUT2D eigenvalue weighted by molar-refractivity contribution is 6.18. The Balaban J connectivity index is 1.55. The van der Waals surface area contributed by atoms with E-state index in [9.17, 15) is 14.4 Å². The number of nitrogens with one attached hydrogen (secondary N) is 2. The van der Waals surface area contributed by atoms with Crippen molar-refractivity contribution in [1.82, 2.24) is 5.32 Å². The minimum Gasteiger partial charge on any atom is -0.465 e. The van der Waals surface area contributed by atoms with Crippen molar-refractivity contribution in [3.63, 3.8) is 0 Å². The zero-order valence-electron chi connectivity index (χ0n) is 18.1. The summed E-state index contributed by atoms with van der Waals surface area (Å²) in [6.07, 6.45) is 0.488. The molecule has 0 saturated carbocycles. The number of carbonyl (C=O) groups is 3. The first-order valence-corrected chi connectivity index (χ1v) is 10.4. The molecule has 0 fully saturated rings. The van der Waals surface area contributed by atoms with Crippen LogP contribution in [-0.4, -0.2) is 31.6 Å². The van der Waals surface area contributed by atoms with Crippen molar-refractivity contribution in [2.24, 2.45) is 5.73 Å². The molecule has 33 heavy (non-hydrogen) atoms. The molecular formula is C26H23N3O4. The van der Waals surface area contributed by atoms with Crippen LogP contribution in [0.25, 0.3) is 21.5 Å². The van der Waals surface area contributed by atoms with E-state index < -0.39 is 17.9 Å². The number of rotatable bonds is 6. The number of ether oxygens (including phenoxy) is 1. The molecule has 4 aromatic rings. The maximum Gasteiger partial charge on any atom is 0.339 e. The van der Waals surface area contributed by atoms with Crippen LogP contribution in [0.5, 0.6) is 0 Å². The molecule has 0 aromatic heterocycles. The summed E-state index contributed by atoms with van der Waals surface area (Å²) in [5, 5.41) is 8.92. The summed E-state index contributed by atoms with van der Waals surface area (Å²) < 4.78 is 4.75. The number of esters is 1. The SMILES string of the molecule is COC(=O)c1ccccc1NC(=O)NCCc1cccc2cc3ccccc3c(C(N)=O)c12. The molecule has 4 rings (SSSR count). The minimum atomic E-state index is -0.534. The molecule has 0 aliphatic heterocycles.